The van der Waals surface area contributed by atoms with Crippen molar-refractivity contribution in [1.82, 2.24) is 14.7 Å². The lowest BCUT2D eigenvalue weighted by Gasteiger charge is -2.44. The van der Waals surface area contributed by atoms with E-state index in [-0.39, 0.29) is 58.2 Å². The first-order valence-corrected chi connectivity index (χ1v) is 14.7. The summed E-state index contributed by atoms with van der Waals surface area (Å²) in [6, 6.07) is 10.9. The van der Waals surface area contributed by atoms with E-state index in [9.17, 15) is 38.0 Å². The van der Waals surface area contributed by atoms with Gasteiger partial charge in [0.1, 0.15) is 12.7 Å². The number of benzene rings is 2. The maximum atomic E-state index is 14.2. The molecule has 2 heterocycles. The Labute approximate surface area is 237 Å². The molecule has 41 heavy (non-hydrogen) atoms. The van der Waals surface area contributed by atoms with Crippen LogP contribution in [0.1, 0.15) is 29.7 Å². The van der Waals surface area contributed by atoms with E-state index in [1.54, 1.807) is 12.1 Å². The first-order chi connectivity index (χ1) is 19.5. The summed E-state index contributed by atoms with van der Waals surface area (Å²) in [6.45, 7) is 2.42. The minimum Gasteiger partial charge on any atom is -0.395 e. The fraction of sp³-hybridized carbons (Fsp3) is 0.357. The second kappa shape index (κ2) is 12.1. The number of allylic oxidation sites excluding steroid dienone is 1. The van der Waals surface area contributed by atoms with Crippen LogP contribution >= 0.6 is 0 Å². The minimum atomic E-state index is -3.98. The molecule has 0 unspecified atom stereocenters. The summed E-state index contributed by atoms with van der Waals surface area (Å²) in [5.41, 5.74) is 0.671. The molecular formula is C28H29FN6O5S. The van der Waals surface area contributed by atoms with E-state index in [0.717, 1.165) is 22.1 Å². The normalized spacial score (nSPS) is 18.3. The quantitative estimate of drug-likeness (QED) is 0.548. The third-order valence-electron chi connectivity index (χ3n) is 7.20. The smallest absolute Gasteiger partial charge is 0.337 e. The highest BCUT2D eigenvalue weighted by Gasteiger charge is 2.46. The predicted molar refractivity (Wildman–Crippen MR) is 147 cm³/mol. The number of aliphatic hydroxyl groups excluding tert-OH is 1. The molecule has 1 N–H and O–H groups in total. The number of sulfone groups is 1. The van der Waals surface area contributed by atoms with Gasteiger partial charge in [-0.15, -0.1) is 0 Å². The van der Waals surface area contributed by atoms with Gasteiger partial charge in [-0.1, -0.05) is 18.2 Å². The van der Waals surface area contributed by atoms with E-state index < -0.39 is 34.6 Å². The number of hydrogen-bond donors (Lipinski definition) is 1. The molecule has 13 heteroatoms. The fourth-order valence-corrected chi connectivity index (χ4v) is 6.08. The van der Waals surface area contributed by atoms with E-state index in [0.29, 0.717) is 19.6 Å². The van der Waals surface area contributed by atoms with Crippen LogP contribution in [-0.2, 0) is 16.5 Å². The number of alkyl halides is 1. The number of carbonyl (C=O) groups is 2. The van der Waals surface area contributed by atoms with Crippen molar-refractivity contribution in [3.63, 3.8) is 0 Å². The summed E-state index contributed by atoms with van der Waals surface area (Å²) < 4.78 is 39.3. The Kier molecular flexibility index (Phi) is 8.73. The standard InChI is InChI=1S/C28H29FN6O5S/c1-19-24(18-31)26(23-7-6-21(17-30)15-25(23)41(2,39)40)35(27(37)33-10-8-32(9-11-33)12-13-36)28(38)34(19)22-5-3-4-20(14-22)16-29/h3-7,14-15,26,36H,8-13,16H2,1-2H3/t26-/m1/s1. The number of hydrogen-bond acceptors (Lipinski definition) is 8. The third-order valence-corrected chi connectivity index (χ3v) is 8.35. The Hall–Kier alpha value is -4.30. The van der Waals surface area contributed by atoms with Gasteiger partial charge in [-0.25, -0.2) is 27.3 Å². The number of rotatable bonds is 6. The number of halogens is 1. The van der Waals surface area contributed by atoms with Crippen LogP contribution in [0.3, 0.4) is 0 Å². The van der Waals surface area contributed by atoms with E-state index in [1.807, 2.05) is 11.0 Å². The second-order valence-corrected chi connectivity index (χ2v) is 11.8. The number of amides is 4. The largest absolute Gasteiger partial charge is 0.395 e. The summed E-state index contributed by atoms with van der Waals surface area (Å²) in [4.78, 5) is 33.5. The van der Waals surface area contributed by atoms with Crippen LogP contribution in [0.25, 0.3) is 0 Å². The molecule has 2 aliphatic heterocycles. The van der Waals surface area contributed by atoms with E-state index >= 15 is 0 Å². The van der Waals surface area contributed by atoms with Gasteiger partial charge in [-0.05, 0) is 42.3 Å². The molecule has 0 aliphatic carbocycles. The first kappa shape index (κ1) is 29.7. The number of carbonyl (C=O) groups excluding carboxylic acids is 2. The van der Waals surface area contributed by atoms with Crippen molar-refractivity contribution in [3.8, 4) is 12.1 Å². The molecular weight excluding hydrogens is 551 g/mol. The number of piperazine rings is 1. The molecule has 0 saturated carbocycles. The molecule has 4 amide bonds. The number of nitrogens with zero attached hydrogens (tertiary/aromatic N) is 6. The van der Waals surface area contributed by atoms with Crippen LogP contribution in [0.2, 0.25) is 0 Å². The second-order valence-electron chi connectivity index (χ2n) is 9.78. The SMILES string of the molecule is CC1=C(C#N)[C@@H](c2ccc(C#N)cc2S(C)(=O)=O)N(C(=O)N2CCN(CCO)CC2)C(=O)N1c1cccc(CF)c1. The van der Waals surface area contributed by atoms with Gasteiger partial charge in [-0.3, -0.25) is 9.80 Å². The molecule has 1 saturated heterocycles. The number of imide groups is 1. The Balaban J connectivity index is 1.93. The van der Waals surface area contributed by atoms with Crippen LogP contribution in [0.5, 0.6) is 0 Å². The highest BCUT2D eigenvalue weighted by atomic mass is 32.2. The highest BCUT2D eigenvalue weighted by Crippen LogP contribution is 2.42. The average molecular weight is 581 g/mol. The van der Waals surface area contributed by atoms with Crippen molar-refractivity contribution in [2.45, 2.75) is 24.5 Å². The molecule has 2 aromatic rings. The van der Waals surface area contributed by atoms with Crippen molar-refractivity contribution in [2.75, 3.05) is 50.5 Å². The zero-order valence-electron chi connectivity index (χ0n) is 22.6. The molecule has 1 atom stereocenters. The van der Waals surface area contributed by atoms with Crippen molar-refractivity contribution in [3.05, 3.63) is 70.4 Å². The summed E-state index contributed by atoms with van der Waals surface area (Å²) in [7, 11) is -3.98. The number of nitriles is 2. The highest BCUT2D eigenvalue weighted by molar-refractivity contribution is 7.90. The Morgan fingerprint density at radius 3 is 2.39 bits per heavy atom. The summed E-state index contributed by atoms with van der Waals surface area (Å²) >= 11 is 0. The van der Waals surface area contributed by atoms with Crippen LogP contribution in [0.4, 0.5) is 19.7 Å². The molecule has 4 rings (SSSR count). The number of β-amino-alcohol motifs (C(OH)–C–C–N with tert-alkyl or cyclic N) is 1. The maximum Gasteiger partial charge on any atom is 0.337 e. The van der Waals surface area contributed by atoms with Crippen LogP contribution < -0.4 is 4.90 Å². The topological polar surface area (TPSA) is 149 Å². The average Bonchev–Trinajstić information content (AvgIpc) is 2.96. The van der Waals surface area contributed by atoms with E-state index in [1.165, 1.54) is 36.1 Å². The zero-order chi connectivity index (χ0) is 29.9. The summed E-state index contributed by atoms with van der Waals surface area (Å²) in [6.07, 6.45) is 0.946. The molecule has 2 aliphatic rings. The zero-order valence-corrected chi connectivity index (χ0v) is 23.4. The molecule has 0 bridgehead atoms. The number of urea groups is 2. The van der Waals surface area contributed by atoms with Crippen molar-refractivity contribution in [2.24, 2.45) is 0 Å². The summed E-state index contributed by atoms with van der Waals surface area (Å²) in [5.74, 6) is 0. The summed E-state index contributed by atoms with van der Waals surface area (Å²) in [5, 5.41) is 29.0. The van der Waals surface area contributed by atoms with Gasteiger partial charge < -0.3 is 10.0 Å². The number of anilines is 1. The van der Waals surface area contributed by atoms with Crippen LogP contribution in [0.15, 0.2) is 58.6 Å². The first-order valence-electron chi connectivity index (χ1n) is 12.8. The lowest BCUT2D eigenvalue weighted by Crippen LogP contribution is -2.59. The molecule has 11 nitrogen and oxygen atoms in total. The lowest BCUT2D eigenvalue weighted by atomic mass is 9.93. The van der Waals surface area contributed by atoms with E-state index in [4.69, 9.17) is 0 Å². The molecule has 1 fully saturated rings. The van der Waals surface area contributed by atoms with Gasteiger partial charge >= 0.3 is 12.1 Å². The molecule has 0 aromatic heterocycles. The minimum absolute atomic E-state index is 0.000162. The lowest BCUT2D eigenvalue weighted by molar-refractivity contribution is 0.102. The monoisotopic (exact) mass is 580 g/mol. The van der Waals surface area contributed by atoms with Gasteiger partial charge in [0.15, 0.2) is 9.84 Å². The number of aliphatic hydroxyl groups is 1. The molecule has 2 aromatic carbocycles. The Morgan fingerprint density at radius 1 is 1.10 bits per heavy atom. The van der Waals surface area contributed by atoms with Gasteiger partial charge in [0, 0.05) is 44.7 Å². The van der Waals surface area contributed by atoms with Gasteiger partial charge in [0.2, 0.25) is 0 Å². The van der Waals surface area contributed by atoms with Gasteiger partial charge in [-0.2, -0.15) is 10.5 Å². The molecule has 0 spiro atoms. The predicted octanol–water partition coefficient (Wildman–Crippen LogP) is 2.94. The third kappa shape index (κ3) is 5.79. The molecule has 0 radical (unpaired) electrons. The van der Waals surface area contributed by atoms with E-state index in [2.05, 4.69) is 6.07 Å². The van der Waals surface area contributed by atoms with Gasteiger partial charge in [0.05, 0.1) is 40.5 Å². The van der Waals surface area contributed by atoms with Crippen LogP contribution in [-0.4, -0.2) is 85.9 Å². The molecule has 214 valence electrons. The fourth-order valence-electron chi connectivity index (χ4n) is 5.13. The van der Waals surface area contributed by atoms with Crippen molar-refractivity contribution in [1.29, 1.82) is 10.5 Å². The maximum absolute atomic E-state index is 14.2. The Bertz CT molecular complexity index is 1590. The van der Waals surface area contributed by atoms with Crippen LogP contribution in [0, 0.1) is 22.7 Å². The Morgan fingerprint density at radius 2 is 1.80 bits per heavy atom. The van der Waals surface area contributed by atoms with Gasteiger partial charge in [0.25, 0.3) is 0 Å². The van der Waals surface area contributed by atoms with Crippen molar-refractivity contribution < 1.29 is 27.5 Å². The van der Waals surface area contributed by atoms with Crippen molar-refractivity contribution >= 4 is 27.6 Å².